The van der Waals surface area contributed by atoms with Gasteiger partial charge in [-0.1, -0.05) is 44.1 Å². The highest BCUT2D eigenvalue weighted by Gasteiger charge is 2.71. The maximum absolute atomic E-state index is 11.3. The fourth-order valence-electron chi connectivity index (χ4n) is 6.01. The second-order valence-electron chi connectivity index (χ2n) is 10.7. The van der Waals surface area contributed by atoms with Crippen molar-refractivity contribution in [2.24, 2.45) is 5.92 Å². The minimum absolute atomic E-state index is 0.0205. The number of hydrogen-bond acceptors (Lipinski definition) is 4. The van der Waals surface area contributed by atoms with Crippen LogP contribution < -0.4 is 10.1 Å². The summed E-state index contributed by atoms with van der Waals surface area (Å²) in [6, 6.07) is 8.03. The van der Waals surface area contributed by atoms with Gasteiger partial charge >= 0.3 is 0 Å². The number of nitrogens with one attached hydrogen (secondary N) is 1. The Balaban J connectivity index is 1.24. The quantitative estimate of drug-likeness (QED) is 0.519. The number of likely N-dealkylation sites (tertiary alicyclic amines) is 1. The van der Waals surface area contributed by atoms with Gasteiger partial charge in [0.25, 0.3) is 0 Å². The lowest BCUT2D eigenvalue weighted by molar-refractivity contribution is -0.119. The van der Waals surface area contributed by atoms with Crippen LogP contribution in [0.25, 0.3) is 0 Å². The molecule has 5 rings (SSSR count). The topological polar surface area (TPSA) is 50.8 Å². The van der Waals surface area contributed by atoms with E-state index < -0.39 is 4.87 Å². The molecule has 3 aliphatic carbocycles. The summed E-state index contributed by atoms with van der Waals surface area (Å²) >= 11 is 7.32. The monoisotopic (exact) mass is 484 g/mol. The van der Waals surface area contributed by atoms with E-state index in [9.17, 15) is 4.79 Å². The van der Waals surface area contributed by atoms with Crippen LogP contribution in [-0.4, -0.2) is 46.6 Å². The molecule has 1 aromatic carbocycles. The van der Waals surface area contributed by atoms with Crippen LogP contribution in [0.15, 0.2) is 48.2 Å². The predicted octanol–water partition coefficient (Wildman–Crippen LogP) is 5.51. The molecule has 0 bridgehead atoms. The zero-order chi connectivity index (χ0) is 23.9. The van der Waals surface area contributed by atoms with Crippen molar-refractivity contribution >= 4 is 17.5 Å². The van der Waals surface area contributed by atoms with E-state index in [-0.39, 0.29) is 23.7 Å². The molecule has 4 aliphatic rings. The van der Waals surface area contributed by atoms with Gasteiger partial charge in [-0.05, 0) is 50.0 Å². The Bertz CT molecular complexity index is 970. The van der Waals surface area contributed by atoms with Gasteiger partial charge in [0.2, 0.25) is 5.91 Å². The van der Waals surface area contributed by atoms with E-state index in [1.807, 2.05) is 31.2 Å². The Kier molecular flexibility index (Phi) is 6.45. The second kappa shape index (κ2) is 9.23. The van der Waals surface area contributed by atoms with E-state index in [1.54, 1.807) is 0 Å². The first-order chi connectivity index (χ1) is 16.3. The summed E-state index contributed by atoms with van der Waals surface area (Å²) in [5.41, 5.74) is 2.00. The van der Waals surface area contributed by atoms with E-state index in [1.165, 1.54) is 25.5 Å². The third-order valence-electron chi connectivity index (χ3n) is 8.04. The summed E-state index contributed by atoms with van der Waals surface area (Å²) in [6.45, 7) is 7.52. The van der Waals surface area contributed by atoms with Crippen LogP contribution in [0.3, 0.4) is 0 Å². The summed E-state index contributed by atoms with van der Waals surface area (Å²) < 4.78 is 13.1. The average Bonchev–Trinajstić information content (AvgIpc) is 3.08. The summed E-state index contributed by atoms with van der Waals surface area (Å²) in [5.74, 6) is 1.22. The molecule has 1 amide bonds. The van der Waals surface area contributed by atoms with Crippen molar-refractivity contribution in [3.8, 4) is 5.75 Å². The Morgan fingerprint density at radius 3 is 2.65 bits per heavy atom. The molecule has 1 N–H and O–H groups in total. The Labute approximate surface area is 208 Å². The van der Waals surface area contributed by atoms with Crippen LogP contribution >= 0.6 is 11.6 Å². The molecule has 0 spiro atoms. The van der Waals surface area contributed by atoms with Gasteiger partial charge in [-0.3, -0.25) is 4.79 Å². The van der Waals surface area contributed by atoms with Crippen LogP contribution in [0.4, 0.5) is 0 Å². The molecule has 1 aromatic rings. The minimum atomic E-state index is -0.435. The molecule has 6 heteroatoms. The van der Waals surface area contributed by atoms with E-state index in [0.29, 0.717) is 12.0 Å². The van der Waals surface area contributed by atoms with Crippen molar-refractivity contribution in [2.45, 2.75) is 88.0 Å². The number of benzene rings is 1. The fraction of sp³-hybridized carbons (Fsp3) is 0.607. The molecule has 1 aliphatic heterocycles. The van der Waals surface area contributed by atoms with Crippen LogP contribution in [-0.2, 0) is 9.53 Å². The smallest absolute Gasteiger partial charge is 0.217 e. The lowest BCUT2D eigenvalue weighted by Gasteiger charge is -2.30. The molecule has 1 saturated heterocycles. The highest BCUT2D eigenvalue weighted by atomic mass is 35.5. The molecule has 2 saturated carbocycles. The largest absolute Gasteiger partial charge is 0.488 e. The Morgan fingerprint density at radius 1 is 1.21 bits per heavy atom. The molecule has 5 atom stereocenters. The fourth-order valence-corrected chi connectivity index (χ4v) is 6.53. The van der Waals surface area contributed by atoms with Crippen molar-refractivity contribution in [2.75, 3.05) is 13.1 Å². The second-order valence-corrected chi connectivity index (χ2v) is 11.4. The Hall–Kier alpha value is -1.98. The highest BCUT2D eigenvalue weighted by Crippen LogP contribution is 2.65. The van der Waals surface area contributed by atoms with Gasteiger partial charge < -0.3 is 19.7 Å². The number of carbonyl (C=O) groups excluding carboxylic acids is 1. The van der Waals surface area contributed by atoms with Gasteiger partial charge in [-0.25, -0.2) is 0 Å². The van der Waals surface area contributed by atoms with Gasteiger partial charge in [0, 0.05) is 31.5 Å². The van der Waals surface area contributed by atoms with E-state index in [0.717, 1.165) is 50.1 Å². The maximum atomic E-state index is 11.3. The average molecular weight is 485 g/mol. The van der Waals surface area contributed by atoms with Gasteiger partial charge in [-0.2, -0.15) is 0 Å². The number of ether oxygens (including phenoxy) is 2. The lowest BCUT2D eigenvalue weighted by atomic mass is 10.1. The summed E-state index contributed by atoms with van der Waals surface area (Å²) in [6.07, 6.45) is 13.7. The Morgan fingerprint density at radius 2 is 1.94 bits per heavy atom. The van der Waals surface area contributed by atoms with Crippen molar-refractivity contribution in [1.29, 1.82) is 0 Å². The molecular formula is C28H37ClN2O3. The number of carbonyl (C=O) groups is 1. The summed E-state index contributed by atoms with van der Waals surface area (Å²) in [5, 5.41) is 2.92. The number of halogens is 1. The number of rotatable bonds is 7. The lowest BCUT2D eigenvalue weighted by Crippen LogP contribution is -2.36. The number of hydrogen-bond donors (Lipinski definition) is 1. The van der Waals surface area contributed by atoms with Gasteiger partial charge in [0.1, 0.15) is 16.7 Å². The molecule has 5 nitrogen and oxygen atoms in total. The highest BCUT2D eigenvalue weighted by molar-refractivity contribution is 6.29. The molecule has 5 unspecified atom stereocenters. The van der Waals surface area contributed by atoms with Crippen molar-refractivity contribution in [3.63, 3.8) is 0 Å². The number of alkyl halides is 1. The van der Waals surface area contributed by atoms with E-state index >= 15 is 0 Å². The third-order valence-corrected chi connectivity index (χ3v) is 8.71. The number of amides is 1. The van der Waals surface area contributed by atoms with Crippen molar-refractivity contribution in [1.82, 2.24) is 10.2 Å². The molecule has 0 radical (unpaired) electrons. The number of fused-ring (bicyclic) bond motifs is 1. The van der Waals surface area contributed by atoms with Gasteiger partial charge in [-0.15, -0.1) is 11.6 Å². The molecule has 34 heavy (non-hydrogen) atoms. The standard InChI is InChI=1S/C28H37ClN2O3/c1-19-16-31(17-25(19)33-23-13-11-22(12-14-23)20(2)30-21(3)32)26-10-6-7-15-27(18-28(26,27)29)34-24-8-4-5-9-24/h6-7,10-14,19-20,24-25H,4-5,8-9,15-18H2,1-3H3,(H,30,32). The maximum Gasteiger partial charge on any atom is 0.217 e. The molecule has 0 aromatic heterocycles. The zero-order valence-electron chi connectivity index (χ0n) is 20.6. The first-order valence-corrected chi connectivity index (χ1v) is 13.2. The molecule has 1 heterocycles. The summed E-state index contributed by atoms with van der Waals surface area (Å²) in [7, 11) is 0. The normalized spacial score (nSPS) is 33.8. The zero-order valence-corrected chi connectivity index (χ0v) is 21.3. The van der Waals surface area contributed by atoms with Crippen LogP contribution in [0.5, 0.6) is 5.75 Å². The van der Waals surface area contributed by atoms with E-state index in [4.69, 9.17) is 21.1 Å². The number of nitrogens with zero attached hydrogens (tertiary/aromatic N) is 1. The number of allylic oxidation sites excluding steroid dienone is 2. The predicted molar refractivity (Wildman–Crippen MR) is 135 cm³/mol. The minimum Gasteiger partial charge on any atom is -0.488 e. The van der Waals surface area contributed by atoms with Crippen LogP contribution in [0.2, 0.25) is 0 Å². The van der Waals surface area contributed by atoms with Gasteiger partial charge in [0.05, 0.1) is 24.3 Å². The molecule has 3 fully saturated rings. The first kappa shape index (κ1) is 23.7. The van der Waals surface area contributed by atoms with Crippen LogP contribution in [0.1, 0.15) is 70.9 Å². The van der Waals surface area contributed by atoms with Gasteiger partial charge in [0.15, 0.2) is 0 Å². The summed E-state index contributed by atoms with van der Waals surface area (Å²) in [4.78, 5) is 13.3. The molecule has 184 valence electrons. The molecular weight excluding hydrogens is 448 g/mol. The van der Waals surface area contributed by atoms with Crippen molar-refractivity contribution < 1.29 is 14.3 Å². The first-order valence-electron chi connectivity index (χ1n) is 12.8. The SMILES string of the molecule is CC(=O)NC(C)c1ccc(OC2CN(C3=CC=CCC4(OC5CCCC5)CC34Cl)CC2C)cc1. The van der Waals surface area contributed by atoms with E-state index in [2.05, 4.69) is 35.4 Å². The third kappa shape index (κ3) is 4.49. The van der Waals surface area contributed by atoms with Crippen LogP contribution in [0, 0.1) is 5.92 Å². The van der Waals surface area contributed by atoms with Crippen molar-refractivity contribution in [3.05, 3.63) is 53.8 Å².